The van der Waals surface area contributed by atoms with E-state index in [0.29, 0.717) is 38.2 Å². The van der Waals surface area contributed by atoms with E-state index in [2.05, 4.69) is 5.32 Å². The van der Waals surface area contributed by atoms with Crippen LogP contribution in [0, 0.1) is 11.7 Å². The lowest BCUT2D eigenvalue weighted by molar-refractivity contribution is -0.128. The van der Waals surface area contributed by atoms with E-state index in [1.54, 1.807) is 12.1 Å². The first kappa shape index (κ1) is 23.7. The van der Waals surface area contributed by atoms with Crippen LogP contribution >= 0.6 is 11.6 Å². The van der Waals surface area contributed by atoms with E-state index in [9.17, 15) is 22.4 Å². The number of amides is 2. The van der Waals surface area contributed by atoms with Crippen molar-refractivity contribution < 1.29 is 27.1 Å². The summed E-state index contributed by atoms with van der Waals surface area (Å²) in [7, 11) is -3.48. The van der Waals surface area contributed by atoms with Crippen molar-refractivity contribution >= 4 is 33.3 Å². The zero-order valence-corrected chi connectivity index (χ0v) is 19.5. The number of hydrogen-bond acceptors (Lipinski definition) is 5. The van der Waals surface area contributed by atoms with Crippen molar-refractivity contribution in [1.82, 2.24) is 10.2 Å². The molecule has 0 saturated carbocycles. The van der Waals surface area contributed by atoms with Gasteiger partial charge in [-0.2, -0.15) is 0 Å². The van der Waals surface area contributed by atoms with Crippen LogP contribution in [0.2, 0.25) is 5.02 Å². The van der Waals surface area contributed by atoms with Crippen LogP contribution in [0.3, 0.4) is 0 Å². The van der Waals surface area contributed by atoms with Gasteiger partial charge in [0.1, 0.15) is 11.9 Å². The molecule has 2 fully saturated rings. The zero-order chi connectivity index (χ0) is 23.8. The molecule has 2 aromatic rings. The number of halogens is 2. The lowest BCUT2D eigenvalue weighted by Gasteiger charge is -2.36. The third-order valence-corrected chi connectivity index (χ3v) is 7.40. The van der Waals surface area contributed by atoms with Crippen molar-refractivity contribution in [2.45, 2.75) is 29.8 Å². The molecule has 0 unspecified atom stereocenters. The number of carbonyl (C=O) groups excluding carboxylic acids is 2. The van der Waals surface area contributed by atoms with E-state index >= 15 is 0 Å². The number of hydrogen-bond donors (Lipinski definition) is 1. The minimum atomic E-state index is -3.48. The Morgan fingerprint density at radius 1 is 1.21 bits per heavy atom. The second-order valence-electron chi connectivity index (χ2n) is 8.41. The predicted molar refractivity (Wildman–Crippen MR) is 120 cm³/mol. The van der Waals surface area contributed by atoms with E-state index < -0.39 is 33.6 Å². The monoisotopic (exact) mass is 494 g/mol. The molecule has 0 aliphatic carbocycles. The van der Waals surface area contributed by atoms with Gasteiger partial charge >= 0.3 is 0 Å². The summed E-state index contributed by atoms with van der Waals surface area (Å²) in [6, 6.07) is 8.75. The Labute approximate surface area is 196 Å². The van der Waals surface area contributed by atoms with Gasteiger partial charge in [-0.1, -0.05) is 23.7 Å². The van der Waals surface area contributed by atoms with Crippen molar-refractivity contribution in [3.8, 4) is 0 Å². The standard InChI is InChI=1S/C23H24ClFN2O5S/c1-33(30,31)17-5-2-4-14(10-17)23(29)27-9-3-6-20(27)22(28)26-21(15-12-32-13-15)18-8-7-16(24)11-19(18)25/h2,4-5,7-8,10-11,15,20-21H,3,6,9,12-13H2,1H3,(H,26,28)/t20-,21-/m1/s1. The third-order valence-electron chi connectivity index (χ3n) is 6.06. The summed E-state index contributed by atoms with van der Waals surface area (Å²) in [5.41, 5.74) is 0.517. The van der Waals surface area contributed by atoms with Crippen LogP contribution in [0.1, 0.15) is 34.8 Å². The fourth-order valence-corrected chi connectivity index (χ4v) is 5.03. The van der Waals surface area contributed by atoms with Crippen LogP contribution in [-0.4, -0.2) is 57.2 Å². The van der Waals surface area contributed by atoms with Crippen molar-refractivity contribution in [1.29, 1.82) is 0 Å². The first-order valence-electron chi connectivity index (χ1n) is 10.6. The van der Waals surface area contributed by atoms with Crippen molar-refractivity contribution in [3.63, 3.8) is 0 Å². The number of rotatable bonds is 6. The highest BCUT2D eigenvalue weighted by atomic mass is 35.5. The fraction of sp³-hybridized carbons (Fsp3) is 0.391. The third kappa shape index (κ3) is 5.05. The topological polar surface area (TPSA) is 92.8 Å². The van der Waals surface area contributed by atoms with E-state index in [4.69, 9.17) is 16.3 Å². The van der Waals surface area contributed by atoms with E-state index in [1.807, 2.05) is 0 Å². The van der Waals surface area contributed by atoms with E-state index in [0.717, 1.165) is 6.26 Å². The maximum absolute atomic E-state index is 14.6. The van der Waals surface area contributed by atoms with Crippen LogP contribution in [0.25, 0.3) is 0 Å². The average molecular weight is 495 g/mol. The highest BCUT2D eigenvalue weighted by Gasteiger charge is 2.39. The number of likely N-dealkylation sites (tertiary alicyclic amines) is 1. The van der Waals surface area contributed by atoms with Gasteiger partial charge < -0.3 is 15.0 Å². The molecule has 1 N–H and O–H groups in total. The molecule has 10 heteroatoms. The summed E-state index contributed by atoms with van der Waals surface area (Å²) in [5, 5.41) is 3.18. The molecule has 2 aromatic carbocycles. The normalized spacial score (nSPS) is 19.7. The lowest BCUT2D eigenvalue weighted by Crippen LogP contribution is -2.50. The largest absolute Gasteiger partial charge is 0.381 e. The molecule has 33 heavy (non-hydrogen) atoms. The van der Waals surface area contributed by atoms with Gasteiger partial charge in [0.05, 0.1) is 24.2 Å². The molecule has 2 atom stereocenters. The SMILES string of the molecule is CS(=O)(=O)c1cccc(C(=O)N2CCC[C@@H]2C(=O)N[C@@H](c2ccc(Cl)cc2F)C2COC2)c1. The second kappa shape index (κ2) is 9.40. The van der Waals surface area contributed by atoms with Gasteiger partial charge in [-0.25, -0.2) is 12.8 Å². The molecule has 0 spiro atoms. The molecule has 7 nitrogen and oxygen atoms in total. The highest BCUT2D eigenvalue weighted by molar-refractivity contribution is 7.90. The molecular formula is C23H24ClFN2O5S. The molecule has 2 aliphatic heterocycles. The first-order chi connectivity index (χ1) is 15.6. The number of nitrogens with one attached hydrogen (secondary N) is 1. The second-order valence-corrected chi connectivity index (χ2v) is 10.9. The number of sulfone groups is 1. The number of ether oxygens (including phenoxy) is 1. The number of benzene rings is 2. The number of carbonyl (C=O) groups is 2. The fourth-order valence-electron chi connectivity index (χ4n) is 4.21. The van der Waals surface area contributed by atoms with Gasteiger partial charge in [0, 0.05) is 34.9 Å². The maximum Gasteiger partial charge on any atom is 0.254 e. The van der Waals surface area contributed by atoms with Crippen LogP contribution in [-0.2, 0) is 19.4 Å². The first-order valence-corrected chi connectivity index (χ1v) is 12.9. The molecule has 2 heterocycles. The van der Waals surface area contributed by atoms with Crippen LogP contribution in [0.15, 0.2) is 47.4 Å². The van der Waals surface area contributed by atoms with Crippen molar-refractivity contribution in [3.05, 3.63) is 64.4 Å². The Kier molecular flexibility index (Phi) is 6.74. The number of nitrogens with zero attached hydrogens (tertiary/aromatic N) is 1. The molecule has 176 valence electrons. The minimum absolute atomic E-state index is 0.0387. The molecule has 0 aromatic heterocycles. The summed E-state index contributed by atoms with van der Waals surface area (Å²) < 4.78 is 43.6. The lowest BCUT2D eigenvalue weighted by atomic mass is 9.90. The summed E-state index contributed by atoms with van der Waals surface area (Å²) in [5.74, 6) is -1.41. The highest BCUT2D eigenvalue weighted by Crippen LogP contribution is 2.32. The Morgan fingerprint density at radius 3 is 2.61 bits per heavy atom. The Hall–Kier alpha value is -2.49. The average Bonchev–Trinajstić information content (AvgIpc) is 3.21. The molecule has 4 rings (SSSR count). The minimum Gasteiger partial charge on any atom is -0.381 e. The van der Waals surface area contributed by atoms with Crippen LogP contribution in [0.5, 0.6) is 0 Å². The molecular weight excluding hydrogens is 471 g/mol. The van der Waals surface area contributed by atoms with Gasteiger partial charge in [-0.05, 0) is 43.2 Å². The van der Waals surface area contributed by atoms with Crippen molar-refractivity contribution in [2.24, 2.45) is 5.92 Å². The Balaban J connectivity index is 1.55. The zero-order valence-electron chi connectivity index (χ0n) is 18.0. The summed E-state index contributed by atoms with van der Waals surface area (Å²) in [4.78, 5) is 27.9. The van der Waals surface area contributed by atoms with Gasteiger partial charge in [0.15, 0.2) is 9.84 Å². The predicted octanol–water partition coefficient (Wildman–Crippen LogP) is 2.99. The maximum atomic E-state index is 14.6. The molecule has 2 saturated heterocycles. The quantitative estimate of drug-likeness (QED) is 0.666. The van der Waals surface area contributed by atoms with Crippen LogP contribution in [0.4, 0.5) is 4.39 Å². The molecule has 0 radical (unpaired) electrons. The smallest absolute Gasteiger partial charge is 0.254 e. The van der Waals surface area contributed by atoms with Gasteiger partial charge in [-0.15, -0.1) is 0 Å². The Morgan fingerprint density at radius 2 is 1.97 bits per heavy atom. The summed E-state index contributed by atoms with van der Waals surface area (Å²) >= 11 is 5.88. The molecule has 0 bridgehead atoms. The molecule has 2 amide bonds. The van der Waals surface area contributed by atoms with Gasteiger partial charge in [0.25, 0.3) is 5.91 Å². The molecule has 2 aliphatic rings. The van der Waals surface area contributed by atoms with Crippen LogP contribution < -0.4 is 5.32 Å². The Bertz CT molecular complexity index is 1190. The van der Waals surface area contributed by atoms with Gasteiger partial charge in [0.2, 0.25) is 5.91 Å². The summed E-state index contributed by atoms with van der Waals surface area (Å²) in [6.07, 6.45) is 2.16. The van der Waals surface area contributed by atoms with E-state index in [1.165, 1.54) is 35.2 Å². The summed E-state index contributed by atoms with van der Waals surface area (Å²) in [6.45, 7) is 1.14. The van der Waals surface area contributed by atoms with Crippen molar-refractivity contribution in [2.75, 3.05) is 26.0 Å². The van der Waals surface area contributed by atoms with E-state index in [-0.39, 0.29) is 27.3 Å². The van der Waals surface area contributed by atoms with Gasteiger partial charge in [-0.3, -0.25) is 9.59 Å².